The maximum absolute atomic E-state index is 12.7. The van der Waals surface area contributed by atoms with E-state index in [2.05, 4.69) is 6.58 Å². The average molecular weight is 330 g/mol. The van der Waals surface area contributed by atoms with Crippen LogP contribution in [-0.4, -0.2) is 33.9 Å². The Balaban J connectivity index is 1.78. The predicted molar refractivity (Wildman–Crippen MR) is 83.7 cm³/mol. The Labute approximate surface area is 140 Å². The van der Waals surface area contributed by atoms with Crippen LogP contribution < -0.4 is 0 Å². The van der Waals surface area contributed by atoms with E-state index < -0.39 is 46.3 Å². The number of aliphatic hydroxyl groups is 1. The Morgan fingerprint density at radius 3 is 2.88 bits per heavy atom. The van der Waals surface area contributed by atoms with Crippen LogP contribution >= 0.6 is 0 Å². The molecular weight excluding hydrogens is 308 g/mol. The van der Waals surface area contributed by atoms with E-state index in [1.54, 1.807) is 13.0 Å². The SMILES string of the molecule is C=C1C[C@]23C[C@@H]1CCC2C12C=CC(O)C(C)(C(=O)O1)[C@H]2[C@@H]3C(=O)O. The molecule has 0 aromatic carbocycles. The number of allylic oxidation sites excluding steroid dienone is 1. The topological polar surface area (TPSA) is 83.8 Å². The maximum Gasteiger partial charge on any atom is 0.316 e. The summed E-state index contributed by atoms with van der Waals surface area (Å²) in [5, 5.41) is 20.7. The van der Waals surface area contributed by atoms with Crippen LogP contribution in [0.4, 0.5) is 0 Å². The third-order valence-electron chi connectivity index (χ3n) is 8.02. The summed E-state index contributed by atoms with van der Waals surface area (Å²) in [4.78, 5) is 25.0. The highest BCUT2D eigenvalue weighted by atomic mass is 16.6. The first kappa shape index (κ1) is 14.7. The Morgan fingerprint density at radius 2 is 2.17 bits per heavy atom. The molecule has 1 spiro atoms. The minimum Gasteiger partial charge on any atom is -0.481 e. The lowest BCUT2D eigenvalue weighted by Gasteiger charge is -2.42. The van der Waals surface area contributed by atoms with E-state index in [0.29, 0.717) is 12.3 Å². The van der Waals surface area contributed by atoms with Gasteiger partial charge in [0.1, 0.15) is 11.0 Å². The van der Waals surface area contributed by atoms with Gasteiger partial charge < -0.3 is 14.9 Å². The molecule has 8 atom stereocenters. The van der Waals surface area contributed by atoms with Gasteiger partial charge in [0.2, 0.25) is 0 Å². The predicted octanol–water partition coefficient (Wildman–Crippen LogP) is 1.91. The molecule has 1 heterocycles. The van der Waals surface area contributed by atoms with Crippen LogP contribution in [0.1, 0.15) is 32.6 Å². The number of esters is 1. The van der Waals surface area contributed by atoms with Crippen molar-refractivity contribution in [3.05, 3.63) is 24.3 Å². The first-order valence-electron chi connectivity index (χ1n) is 8.79. The second-order valence-electron chi connectivity index (χ2n) is 8.72. The number of hydrogen-bond acceptors (Lipinski definition) is 4. The molecule has 0 radical (unpaired) electrons. The molecule has 4 bridgehead atoms. The first-order valence-corrected chi connectivity index (χ1v) is 8.79. The zero-order valence-corrected chi connectivity index (χ0v) is 13.7. The summed E-state index contributed by atoms with van der Waals surface area (Å²) >= 11 is 0. The number of carbonyl (C=O) groups excluding carboxylic acids is 1. The van der Waals surface area contributed by atoms with Gasteiger partial charge in [-0.3, -0.25) is 9.59 Å². The minimum absolute atomic E-state index is 0.00104. The van der Waals surface area contributed by atoms with Gasteiger partial charge in [-0.25, -0.2) is 0 Å². The Morgan fingerprint density at radius 1 is 1.42 bits per heavy atom. The molecule has 128 valence electrons. The number of carboxylic acid groups (broad SMARTS) is 1. The molecule has 24 heavy (non-hydrogen) atoms. The van der Waals surface area contributed by atoms with Crippen molar-refractivity contribution in [2.24, 2.45) is 34.5 Å². The van der Waals surface area contributed by atoms with Gasteiger partial charge in [-0.15, -0.1) is 0 Å². The van der Waals surface area contributed by atoms with E-state index in [4.69, 9.17) is 4.74 Å². The third-order valence-corrected chi connectivity index (χ3v) is 8.02. The molecule has 5 aliphatic rings. The molecule has 0 amide bonds. The summed E-state index contributed by atoms with van der Waals surface area (Å²) < 4.78 is 5.92. The molecular formula is C19H22O5. The van der Waals surface area contributed by atoms with E-state index in [-0.39, 0.29) is 5.92 Å². The summed E-state index contributed by atoms with van der Waals surface area (Å²) in [5.74, 6) is -2.12. The second kappa shape index (κ2) is 3.96. The number of fused-ring (bicyclic) bond motifs is 1. The zero-order chi connectivity index (χ0) is 17.1. The zero-order valence-electron chi connectivity index (χ0n) is 13.7. The van der Waals surface area contributed by atoms with Crippen LogP contribution in [0.2, 0.25) is 0 Å². The highest BCUT2D eigenvalue weighted by Gasteiger charge is 2.82. The monoisotopic (exact) mass is 330 g/mol. The van der Waals surface area contributed by atoms with Gasteiger partial charge in [0, 0.05) is 11.8 Å². The van der Waals surface area contributed by atoms with Gasteiger partial charge in [0.25, 0.3) is 0 Å². The first-order chi connectivity index (χ1) is 11.3. The molecule has 5 nitrogen and oxygen atoms in total. The van der Waals surface area contributed by atoms with Crippen LogP contribution in [0.5, 0.6) is 0 Å². The Hall–Kier alpha value is -1.62. The number of ether oxygens (including phenoxy) is 1. The number of hydrogen-bond donors (Lipinski definition) is 2. The second-order valence-corrected chi connectivity index (χ2v) is 8.72. The van der Waals surface area contributed by atoms with Crippen molar-refractivity contribution in [2.75, 3.05) is 0 Å². The van der Waals surface area contributed by atoms with Crippen LogP contribution in [0.25, 0.3) is 0 Å². The molecule has 0 aromatic rings. The smallest absolute Gasteiger partial charge is 0.316 e. The van der Waals surface area contributed by atoms with Gasteiger partial charge in [-0.05, 0) is 50.0 Å². The van der Waals surface area contributed by atoms with Gasteiger partial charge in [-0.2, -0.15) is 0 Å². The van der Waals surface area contributed by atoms with Gasteiger partial charge in [0.05, 0.1) is 12.0 Å². The van der Waals surface area contributed by atoms with Crippen molar-refractivity contribution in [3.63, 3.8) is 0 Å². The highest BCUT2D eigenvalue weighted by Crippen LogP contribution is 2.76. The lowest BCUT2D eigenvalue weighted by molar-refractivity contribution is -0.161. The molecule has 4 unspecified atom stereocenters. The highest BCUT2D eigenvalue weighted by molar-refractivity contribution is 5.86. The summed E-state index contributed by atoms with van der Waals surface area (Å²) in [6.07, 6.45) is 5.83. The molecule has 4 fully saturated rings. The summed E-state index contributed by atoms with van der Waals surface area (Å²) in [6.45, 7) is 5.88. The normalized spacial score (nSPS) is 56.8. The van der Waals surface area contributed by atoms with Crippen LogP contribution in [-0.2, 0) is 14.3 Å². The average Bonchev–Trinajstić information content (AvgIpc) is 2.98. The van der Waals surface area contributed by atoms with Gasteiger partial charge in [-0.1, -0.05) is 18.2 Å². The molecule has 0 aromatic heterocycles. The van der Waals surface area contributed by atoms with E-state index in [1.807, 2.05) is 6.08 Å². The fraction of sp³-hybridized carbons (Fsp3) is 0.684. The largest absolute Gasteiger partial charge is 0.481 e. The van der Waals surface area contributed by atoms with Crippen molar-refractivity contribution in [1.29, 1.82) is 0 Å². The molecule has 5 heteroatoms. The van der Waals surface area contributed by atoms with E-state index in [0.717, 1.165) is 24.8 Å². The van der Waals surface area contributed by atoms with Crippen molar-refractivity contribution in [1.82, 2.24) is 0 Å². The van der Waals surface area contributed by atoms with Crippen LogP contribution in [0.3, 0.4) is 0 Å². The summed E-state index contributed by atoms with van der Waals surface area (Å²) in [6, 6.07) is 0. The molecule has 1 aliphatic heterocycles. The number of rotatable bonds is 1. The van der Waals surface area contributed by atoms with E-state index >= 15 is 0 Å². The van der Waals surface area contributed by atoms with Crippen molar-refractivity contribution < 1.29 is 24.5 Å². The fourth-order valence-electron chi connectivity index (χ4n) is 7.14. The van der Waals surface area contributed by atoms with E-state index in [9.17, 15) is 19.8 Å². The lowest BCUT2D eigenvalue weighted by Crippen LogP contribution is -2.50. The van der Waals surface area contributed by atoms with Crippen molar-refractivity contribution in [3.8, 4) is 0 Å². The molecule has 1 saturated heterocycles. The Bertz CT molecular complexity index is 725. The molecule has 2 N–H and O–H groups in total. The van der Waals surface area contributed by atoms with Gasteiger partial charge in [0.15, 0.2) is 0 Å². The third kappa shape index (κ3) is 1.25. The standard InChI is InChI=1S/C19H22O5/c1-9-7-18-8-10(9)3-4-11(18)19-6-5-12(20)17(2,16(23)24-19)14(19)13(18)15(21)22/h5-6,10-14,20H,1,3-4,7-8H2,2H3,(H,21,22)/t10-,11?,12?,13+,14+,17?,18-,19?/m0/s1. The fourth-order valence-corrected chi connectivity index (χ4v) is 7.14. The minimum atomic E-state index is -1.18. The van der Waals surface area contributed by atoms with Crippen LogP contribution in [0, 0.1) is 34.5 Å². The number of carboxylic acids is 1. The quantitative estimate of drug-likeness (QED) is 0.567. The van der Waals surface area contributed by atoms with E-state index in [1.165, 1.54) is 0 Å². The molecule has 4 aliphatic carbocycles. The summed E-state index contributed by atoms with van der Waals surface area (Å²) in [7, 11) is 0. The van der Waals surface area contributed by atoms with Crippen LogP contribution in [0.15, 0.2) is 24.3 Å². The maximum atomic E-state index is 12.7. The number of carbonyl (C=O) groups is 2. The lowest BCUT2D eigenvalue weighted by atomic mass is 9.61. The Kier molecular flexibility index (Phi) is 2.42. The summed E-state index contributed by atoms with van der Waals surface area (Å²) in [5.41, 5.74) is -1.30. The molecule has 5 rings (SSSR count). The number of aliphatic carboxylic acids is 1. The van der Waals surface area contributed by atoms with Gasteiger partial charge >= 0.3 is 11.9 Å². The molecule has 3 saturated carbocycles. The van der Waals surface area contributed by atoms with Crippen molar-refractivity contribution >= 4 is 11.9 Å². The number of aliphatic hydroxyl groups excluding tert-OH is 1. The van der Waals surface area contributed by atoms with Crippen molar-refractivity contribution in [2.45, 2.75) is 44.3 Å².